The summed E-state index contributed by atoms with van der Waals surface area (Å²) in [7, 11) is 2.06. The Labute approximate surface area is 105 Å². The molecule has 0 aliphatic carbocycles. The lowest BCUT2D eigenvalue weighted by Gasteiger charge is -2.23. The molecule has 0 saturated heterocycles. The Hall–Kier alpha value is -1.09. The molecule has 1 atom stereocenters. The fourth-order valence-corrected chi connectivity index (χ4v) is 1.69. The Bertz CT molecular complexity index is 337. The molecule has 0 spiro atoms. The standard InChI is InChI=1S/C14H25N3/c1-11(8-15)10-17(5)13-7-6-12(9-16-13)14(2,3)4/h6-7,9,11H,8,10,15H2,1-5H3. The molecule has 1 rings (SSSR count). The average Bonchev–Trinajstić information content (AvgIpc) is 2.27. The molecule has 1 heterocycles. The summed E-state index contributed by atoms with van der Waals surface area (Å²) in [6, 6.07) is 4.25. The van der Waals surface area contributed by atoms with E-state index < -0.39 is 0 Å². The fraction of sp³-hybridized carbons (Fsp3) is 0.643. The van der Waals surface area contributed by atoms with Crippen molar-refractivity contribution in [3.8, 4) is 0 Å². The summed E-state index contributed by atoms with van der Waals surface area (Å²) in [6.45, 7) is 10.4. The van der Waals surface area contributed by atoms with Crippen LogP contribution in [0.5, 0.6) is 0 Å². The van der Waals surface area contributed by atoms with Crippen LogP contribution in [-0.4, -0.2) is 25.1 Å². The maximum absolute atomic E-state index is 5.63. The molecule has 0 saturated carbocycles. The van der Waals surface area contributed by atoms with E-state index >= 15 is 0 Å². The Morgan fingerprint density at radius 1 is 1.35 bits per heavy atom. The van der Waals surface area contributed by atoms with Gasteiger partial charge in [-0.1, -0.05) is 33.8 Å². The van der Waals surface area contributed by atoms with Gasteiger partial charge in [-0.2, -0.15) is 0 Å². The van der Waals surface area contributed by atoms with Crippen LogP contribution in [0.4, 0.5) is 5.82 Å². The average molecular weight is 235 g/mol. The van der Waals surface area contributed by atoms with Gasteiger partial charge in [0.25, 0.3) is 0 Å². The quantitative estimate of drug-likeness (QED) is 0.871. The second-order valence-electron chi connectivity index (χ2n) is 5.88. The van der Waals surface area contributed by atoms with Gasteiger partial charge in [0.05, 0.1) is 0 Å². The maximum Gasteiger partial charge on any atom is 0.128 e. The molecule has 1 unspecified atom stereocenters. The molecule has 0 aliphatic heterocycles. The summed E-state index contributed by atoms with van der Waals surface area (Å²) >= 11 is 0. The maximum atomic E-state index is 5.63. The molecule has 0 fully saturated rings. The molecular formula is C14H25N3. The van der Waals surface area contributed by atoms with Gasteiger partial charge in [0.1, 0.15) is 5.82 Å². The Balaban J connectivity index is 2.74. The normalized spacial score (nSPS) is 13.5. The topological polar surface area (TPSA) is 42.1 Å². The van der Waals surface area contributed by atoms with E-state index in [2.05, 4.69) is 56.8 Å². The number of anilines is 1. The first-order valence-electron chi connectivity index (χ1n) is 6.22. The van der Waals surface area contributed by atoms with E-state index in [9.17, 15) is 0 Å². The van der Waals surface area contributed by atoms with Gasteiger partial charge in [0.2, 0.25) is 0 Å². The molecule has 96 valence electrons. The number of nitrogens with zero attached hydrogens (tertiary/aromatic N) is 2. The third-order valence-corrected chi connectivity index (χ3v) is 2.99. The number of pyridine rings is 1. The molecule has 3 nitrogen and oxygen atoms in total. The largest absolute Gasteiger partial charge is 0.359 e. The third-order valence-electron chi connectivity index (χ3n) is 2.99. The SMILES string of the molecule is CC(CN)CN(C)c1ccc(C(C)(C)C)cn1. The van der Waals surface area contributed by atoms with Crippen molar-refractivity contribution in [3.63, 3.8) is 0 Å². The fourth-order valence-electron chi connectivity index (χ4n) is 1.69. The molecule has 3 heteroatoms. The summed E-state index contributed by atoms with van der Waals surface area (Å²) < 4.78 is 0. The van der Waals surface area contributed by atoms with Gasteiger partial charge in [-0.25, -0.2) is 4.98 Å². The molecule has 0 bridgehead atoms. The van der Waals surface area contributed by atoms with Crippen LogP contribution in [0.15, 0.2) is 18.3 Å². The van der Waals surface area contributed by atoms with Crippen LogP contribution in [0.1, 0.15) is 33.3 Å². The van der Waals surface area contributed by atoms with E-state index in [-0.39, 0.29) is 5.41 Å². The second-order valence-corrected chi connectivity index (χ2v) is 5.88. The zero-order valence-electron chi connectivity index (χ0n) is 11.7. The van der Waals surface area contributed by atoms with Crippen molar-refractivity contribution < 1.29 is 0 Å². The minimum absolute atomic E-state index is 0.161. The highest BCUT2D eigenvalue weighted by atomic mass is 15.2. The number of rotatable bonds is 4. The summed E-state index contributed by atoms with van der Waals surface area (Å²) in [5.41, 5.74) is 7.06. The van der Waals surface area contributed by atoms with E-state index in [1.165, 1.54) is 5.56 Å². The molecule has 0 aliphatic rings. The van der Waals surface area contributed by atoms with Gasteiger partial charge >= 0.3 is 0 Å². The van der Waals surface area contributed by atoms with E-state index in [1.807, 2.05) is 6.20 Å². The first-order valence-corrected chi connectivity index (χ1v) is 6.22. The molecule has 1 aromatic heterocycles. The molecule has 0 radical (unpaired) electrons. The summed E-state index contributed by atoms with van der Waals surface area (Å²) in [6.07, 6.45) is 1.97. The molecule has 0 amide bonds. The number of nitrogens with two attached hydrogens (primary N) is 1. The van der Waals surface area contributed by atoms with Crippen LogP contribution in [-0.2, 0) is 5.41 Å². The van der Waals surface area contributed by atoms with Gasteiger partial charge < -0.3 is 10.6 Å². The van der Waals surface area contributed by atoms with E-state index in [4.69, 9.17) is 5.73 Å². The van der Waals surface area contributed by atoms with Crippen LogP contribution in [0.3, 0.4) is 0 Å². The highest BCUT2D eigenvalue weighted by molar-refractivity contribution is 5.39. The highest BCUT2D eigenvalue weighted by Crippen LogP contribution is 2.22. The Morgan fingerprint density at radius 2 is 2.00 bits per heavy atom. The van der Waals surface area contributed by atoms with E-state index in [1.54, 1.807) is 0 Å². The van der Waals surface area contributed by atoms with Crippen molar-refractivity contribution in [2.45, 2.75) is 33.1 Å². The van der Waals surface area contributed by atoms with Crippen molar-refractivity contribution >= 4 is 5.82 Å². The number of hydrogen-bond donors (Lipinski definition) is 1. The van der Waals surface area contributed by atoms with Crippen LogP contribution in [0.2, 0.25) is 0 Å². The van der Waals surface area contributed by atoms with Gasteiger partial charge in [0.15, 0.2) is 0 Å². The van der Waals surface area contributed by atoms with Crippen LogP contribution >= 0.6 is 0 Å². The van der Waals surface area contributed by atoms with Gasteiger partial charge in [0, 0.05) is 19.8 Å². The van der Waals surface area contributed by atoms with Gasteiger partial charge in [-0.15, -0.1) is 0 Å². The van der Waals surface area contributed by atoms with Crippen LogP contribution in [0, 0.1) is 5.92 Å². The predicted molar refractivity (Wildman–Crippen MR) is 74.4 cm³/mol. The van der Waals surface area contributed by atoms with Gasteiger partial charge in [-0.3, -0.25) is 0 Å². The number of hydrogen-bond acceptors (Lipinski definition) is 3. The lowest BCUT2D eigenvalue weighted by atomic mass is 9.88. The molecule has 2 N–H and O–H groups in total. The summed E-state index contributed by atoms with van der Waals surface area (Å²) in [5, 5.41) is 0. The van der Waals surface area contributed by atoms with Crippen molar-refractivity contribution in [3.05, 3.63) is 23.9 Å². The monoisotopic (exact) mass is 235 g/mol. The molecule has 0 aromatic carbocycles. The third kappa shape index (κ3) is 4.00. The first kappa shape index (κ1) is 14.0. The van der Waals surface area contributed by atoms with Crippen LogP contribution < -0.4 is 10.6 Å². The van der Waals surface area contributed by atoms with Gasteiger partial charge in [-0.05, 0) is 29.5 Å². The highest BCUT2D eigenvalue weighted by Gasteiger charge is 2.14. The Morgan fingerprint density at radius 3 is 2.41 bits per heavy atom. The zero-order valence-corrected chi connectivity index (χ0v) is 11.7. The number of aromatic nitrogens is 1. The van der Waals surface area contributed by atoms with Crippen molar-refractivity contribution in [2.75, 3.05) is 25.0 Å². The molecule has 17 heavy (non-hydrogen) atoms. The van der Waals surface area contributed by atoms with Crippen molar-refractivity contribution in [1.82, 2.24) is 4.98 Å². The minimum atomic E-state index is 0.161. The summed E-state index contributed by atoms with van der Waals surface area (Å²) in [5.74, 6) is 1.50. The predicted octanol–water partition coefficient (Wildman–Crippen LogP) is 2.41. The van der Waals surface area contributed by atoms with Crippen molar-refractivity contribution in [1.29, 1.82) is 0 Å². The Kier molecular flexibility index (Phi) is 4.52. The second kappa shape index (κ2) is 5.50. The van der Waals surface area contributed by atoms with E-state index in [0.29, 0.717) is 12.5 Å². The van der Waals surface area contributed by atoms with Crippen LogP contribution in [0.25, 0.3) is 0 Å². The lowest BCUT2D eigenvalue weighted by molar-refractivity contribution is 0.580. The smallest absolute Gasteiger partial charge is 0.128 e. The molecule has 1 aromatic rings. The minimum Gasteiger partial charge on any atom is -0.359 e. The summed E-state index contributed by atoms with van der Waals surface area (Å²) in [4.78, 5) is 6.67. The lowest BCUT2D eigenvalue weighted by Crippen LogP contribution is -2.28. The van der Waals surface area contributed by atoms with Crippen molar-refractivity contribution in [2.24, 2.45) is 11.7 Å². The molecular weight excluding hydrogens is 210 g/mol. The first-order chi connectivity index (χ1) is 7.84. The van der Waals surface area contributed by atoms with E-state index in [0.717, 1.165) is 12.4 Å². The zero-order chi connectivity index (χ0) is 13.1.